The average molecular weight is 374 g/mol. The quantitative estimate of drug-likeness (QED) is 0.541. The number of hydrogen-bond donors (Lipinski definition) is 1. The molecule has 2 N–H and O–H groups in total. The molecule has 9 nitrogen and oxygen atoms in total. The van der Waals surface area contributed by atoms with Gasteiger partial charge in [-0.15, -0.1) is 6.42 Å². The molecule has 28 heavy (non-hydrogen) atoms. The Bertz CT molecular complexity index is 1270. The van der Waals surface area contributed by atoms with Crippen LogP contribution < -0.4 is 5.73 Å². The zero-order valence-electron chi connectivity index (χ0n) is 15.7. The van der Waals surface area contributed by atoms with E-state index in [4.69, 9.17) is 17.1 Å². The van der Waals surface area contributed by atoms with E-state index in [0.717, 1.165) is 22.3 Å². The second kappa shape index (κ2) is 6.35. The van der Waals surface area contributed by atoms with Gasteiger partial charge in [0.05, 0.1) is 23.1 Å². The first-order valence-corrected chi connectivity index (χ1v) is 8.53. The molecule has 0 bridgehead atoms. The number of imidazole rings is 1. The Hall–Kier alpha value is -3.93. The van der Waals surface area contributed by atoms with E-state index in [2.05, 4.69) is 21.1 Å². The van der Waals surface area contributed by atoms with Gasteiger partial charge in [-0.05, 0) is 19.1 Å². The number of nitrogens with two attached hydrogens (primary N) is 1. The van der Waals surface area contributed by atoms with Crippen molar-refractivity contribution >= 4 is 16.8 Å². The van der Waals surface area contributed by atoms with Crippen molar-refractivity contribution in [1.82, 2.24) is 34.1 Å². The fourth-order valence-corrected chi connectivity index (χ4v) is 3.21. The van der Waals surface area contributed by atoms with Crippen molar-refractivity contribution in [1.29, 1.82) is 0 Å². The summed E-state index contributed by atoms with van der Waals surface area (Å²) in [6.45, 7) is 2.24. The van der Waals surface area contributed by atoms with Gasteiger partial charge in [0.1, 0.15) is 23.6 Å². The summed E-state index contributed by atoms with van der Waals surface area (Å²) < 4.78 is 5.24. The normalized spacial score (nSPS) is 11.1. The van der Waals surface area contributed by atoms with Gasteiger partial charge in [0.15, 0.2) is 5.82 Å². The van der Waals surface area contributed by atoms with Crippen LogP contribution in [0.1, 0.15) is 16.2 Å². The fourth-order valence-electron chi connectivity index (χ4n) is 3.21. The van der Waals surface area contributed by atoms with Gasteiger partial charge in [0.25, 0.3) is 5.91 Å². The second-order valence-electron chi connectivity index (χ2n) is 6.51. The van der Waals surface area contributed by atoms with E-state index in [-0.39, 0.29) is 5.69 Å². The number of carbonyl (C=O) groups is 1. The Morgan fingerprint density at radius 1 is 1.29 bits per heavy atom. The van der Waals surface area contributed by atoms with Crippen LogP contribution in [-0.4, -0.2) is 40.0 Å². The van der Waals surface area contributed by atoms with Crippen molar-refractivity contribution in [3.63, 3.8) is 0 Å². The number of carbonyl (C=O) groups excluding carboxylic acids is 1. The zero-order chi connectivity index (χ0) is 20.0. The number of nitrogens with zero attached hydrogens (tertiary/aromatic N) is 7. The molecule has 4 rings (SSSR count). The number of hydrogen-bond acceptors (Lipinski definition) is 5. The molecule has 0 aromatic carbocycles. The SMILES string of the molecule is C#CCn1nc(C)cc1-c1cn(C)c(-c2nc(C(N)=O)cc3c2cnn3C)n1. The number of terminal acetylenes is 1. The van der Waals surface area contributed by atoms with Crippen LogP contribution in [0.3, 0.4) is 0 Å². The lowest BCUT2D eigenvalue weighted by Gasteiger charge is -2.05. The minimum absolute atomic E-state index is 0.156. The lowest BCUT2D eigenvalue weighted by Crippen LogP contribution is -2.14. The smallest absolute Gasteiger partial charge is 0.267 e. The minimum Gasteiger partial charge on any atom is -0.364 e. The zero-order valence-corrected chi connectivity index (χ0v) is 15.7. The van der Waals surface area contributed by atoms with Gasteiger partial charge >= 0.3 is 0 Å². The molecule has 4 heterocycles. The Morgan fingerprint density at radius 3 is 2.79 bits per heavy atom. The van der Waals surface area contributed by atoms with Crippen LogP contribution in [0.4, 0.5) is 0 Å². The second-order valence-corrected chi connectivity index (χ2v) is 6.51. The molecule has 0 saturated carbocycles. The Balaban J connectivity index is 1.93. The minimum atomic E-state index is -0.610. The van der Waals surface area contributed by atoms with Crippen LogP contribution in [0.25, 0.3) is 33.8 Å². The van der Waals surface area contributed by atoms with Gasteiger partial charge in [-0.1, -0.05) is 5.92 Å². The summed E-state index contributed by atoms with van der Waals surface area (Å²) in [4.78, 5) is 21.0. The highest BCUT2D eigenvalue weighted by molar-refractivity contribution is 5.99. The maximum absolute atomic E-state index is 11.8. The lowest BCUT2D eigenvalue weighted by atomic mass is 10.2. The highest BCUT2D eigenvalue weighted by atomic mass is 16.1. The van der Waals surface area contributed by atoms with Crippen molar-refractivity contribution < 1.29 is 4.79 Å². The highest BCUT2D eigenvalue weighted by Gasteiger charge is 2.20. The molecule has 9 heteroatoms. The first-order valence-electron chi connectivity index (χ1n) is 8.53. The third-order valence-electron chi connectivity index (χ3n) is 4.49. The summed E-state index contributed by atoms with van der Waals surface area (Å²) in [7, 11) is 3.66. The molecule has 0 aliphatic rings. The van der Waals surface area contributed by atoms with Crippen LogP contribution >= 0.6 is 0 Å². The van der Waals surface area contributed by atoms with E-state index in [1.54, 1.807) is 28.7 Å². The maximum Gasteiger partial charge on any atom is 0.267 e. The van der Waals surface area contributed by atoms with E-state index >= 15 is 0 Å². The molecule has 0 saturated heterocycles. The molecular formula is C19H18N8O. The predicted octanol–water partition coefficient (Wildman–Crippen LogP) is 1.27. The summed E-state index contributed by atoms with van der Waals surface area (Å²) in [5.41, 5.74) is 9.27. The molecule has 4 aromatic rings. The Morgan fingerprint density at radius 2 is 2.07 bits per heavy atom. The summed E-state index contributed by atoms with van der Waals surface area (Å²) >= 11 is 0. The molecule has 0 atom stereocenters. The Kier molecular flexibility index (Phi) is 3.96. The fraction of sp³-hybridized carbons (Fsp3) is 0.211. The lowest BCUT2D eigenvalue weighted by molar-refractivity contribution is 0.0996. The van der Waals surface area contributed by atoms with Crippen molar-refractivity contribution in [2.75, 3.05) is 0 Å². The van der Waals surface area contributed by atoms with Gasteiger partial charge in [-0.25, -0.2) is 9.97 Å². The Labute approximate surface area is 160 Å². The number of aryl methyl sites for hydroxylation is 3. The predicted molar refractivity (Wildman–Crippen MR) is 104 cm³/mol. The number of primary amides is 1. The molecular weight excluding hydrogens is 356 g/mol. The van der Waals surface area contributed by atoms with Crippen LogP contribution in [0.5, 0.6) is 0 Å². The molecule has 140 valence electrons. The molecule has 0 unspecified atom stereocenters. The van der Waals surface area contributed by atoms with Crippen molar-refractivity contribution in [3.05, 3.63) is 35.9 Å². The van der Waals surface area contributed by atoms with Gasteiger partial charge < -0.3 is 10.3 Å². The van der Waals surface area contributed by atoms with Gasteiger partial charge in [0, 0.05) is 25.7 Å². The molecule has 1 amide bonds. The third-order valence-corrected chi connectivity index (χ3v) is 4.49. The average Bonchev–Trinajstić information content (AvgIpc) is 3.32. The topological polar surface area (TPSA) is 109 Å². The summed E-state index contributed by atoms with van der Waals surface area (Å²) in [6, 6.07) is 3.56. The van der Waals surface area contributed by atoms with Crippen molar-refractivity contribution in [2.24, 2.45) is 19.8 Å². The van der Waals surface area contributed by atoms with Crippen LogP contribution in [-0.2, 0) is 20.6 Å². The van der Waals surface area contributed by atoms with Crippen LogP contribution in [0.2, 0.25) is 0 Å². The molecule has 4 aromatic heterocycles. The molecule has 0 fully saturated rings. The maximum atomic E-state index is 11.8. The molecule has 0 radical (unpaired) electrons. The van der Waals surface area contributed by atoms with E-state index in [1.165, 1.54) is 0 Å². The van der Waals surface area contributed by atoms with E-state index in [9.17, 15) is 4.79 Å². The summed E-state index contributed by atoms with van der Waals surface area (Å²) in [6.07, 6.45) is 9.03. The molecule has 0 aliphatic carbocycles. The number of rotatable bonds is 4. The van der Waals surface area contributed by atoms with E-state index in [1.807, 2.05) is 30.8 Å². The highest BCUT2D eigenvalue weighted by Crippen LogP contribution is 2.29. The number of amides is 1. The first kappa shape index (κ1) is 17.5. The van der Waals surface area contributed by atoms with Crippen molar-refractivity contribution in [3.8, 4) is 35.2 Å². The third kappa shape index (κ3) is 2.72. The van der Waals surface area contributed by atoms with Gasteiger partial charge in [-0.3, -0.25) is 14.2 Å². The van der Waals surface area contributed by atoms with E-state index < -0.39 is 5.91 Å². The summed E-state index contributed by atoms with van der Waals surface area (Å²) in [5, 5.41) is 9.46. The number of aromatic nitrogens is 7. The standard InChI is InChI=1S/C19H18N8O/c1-5-6-27-16(7-11(2)24-27)14-10-25(3)19(23-14)17-12-9-21-26(4)15(12)8-13(22-17)18(20)28/h1,7-10H,6H2,2-4H3,(H2,20,28). The first-order chi connectivity index (χ1) is 13.4. The number of fused-ring (bicyclic) bond motifs is 1. The summed E-state index contributed by atoms with van der Waals surface area (Å²) in [5.74, 6) is 2.57. The van der Waals surface area contributed by atoms with Gasteiger partial charge in [0.2, 0.25) is 0 Å². The van der Waals surface area contributed by atoms with Crippen LogP contribution in [0, 0.1) is 19.3 Å². The van der Waals surface area contributed by atoms with Crippen molar-refractivity contribution in [2.45, 2.75) is 13.5 Å². The monoisotopic (exact) mass is 374 g/mol. The molecule has 0 aliphatic heterocycles. The number of pyridine rings is 1. The van der Waals surface area contributed by atoms with Gasteiger partial charge in [-0.2, -0.15) is 10.2 Å². The molecule has 0 spiro atoms. The van der Waals surface area contributed by atoms with E-state index in [0.29, 0.717) is 23.8 Å². The van der Waals surface area contributed by atoms with Crippen LogP contribution in [0.15, 0.2) is 24.5 Å². The largest absolute Gasteiger partial charge is 0.364 e.